The van der Waals surface area contributed by atoms with E-state index in [-0.39, 0.29) is 11.7 Å². The first-order valence-corrected chi connectivity index (χ1v) is 7.23. The summed E-state index contributed by atoms with van der Waals surface area (Å²) in [4.78, 5) is 16.9. The predicted molar refractivity (Wildman–Crippen MR) is 85.3 cm³/mol. The third kappa shape index (κ3) is 2.77. The lowest BCUT2D eigenvalue weighted by Gasteiger charge is -2.35. The van der Waals surface area contributed by atoms with Crippen LogP contribution >= 0.6 is 0 Å². The molecule has 0 aliphatic carbocycles. The molecule has 23 heavy (non-hydrogen) atoms. The Morgan fingerprint density at radius 2 is 2.04 bits per heavy atom. The molecule has 2 aliphatic rings. The van der Waals surface area contributed by atoms with E-state index in [4.69, 9.17) is 9.47 Å². The zero-order valence-electron chi connectivity index (χ0n) is 12.9. The summed E-state index contributed by atoms with van der Waals surface area (Å²) < 4.78 is 10.6. The number of methoxy groups -OCH3 is 2. The van der Waals surface area contributed by atoms with Crippen molar-refractivity contribution in [2.75, 3.05) is 20.8 Å². The number of rotatable bonds is 4. The number of fused-ring (bicyclic) bond motifs is 1. The summed E-state index contributed by atoms with van der Waals surface area (Å²) in [5.41, 5.74) is 1.06. The minimum atomic E-state index is -0.395. The quantitative estimate of drug-likeness (QED) is 0.630. The predicted octanol–water partition coefficient (Wildman–Crippen LogP) is 2.54. The fourth-order valence-electron chi connectivity index (χ4n) is 2.82. The van der Waals surface area contributed by atoms with Crippen LogP contribution in [0.15, 0.2) is 47.2 Å². The SMILES string of the molecule is COc1ccc(C2CCN=C3C=CC([N+](=O)[O-])=CN32)cc1OC. The molecule has 3 rings (SSSR count). The van der Waals surface area contributed by atoms with Crippen LogP contribution in [0.4, 0.5) is 0 Å². The Hall–Kier alpha value is -2.83. The number of hydrogen-bond donors (Lipinski definition) is 0. The van der Waals surface area contributed by atoms with Crippen LogP contribution in [0, 0.1) is 10.1 Å². The average molecular weight is 315 g/mol. The number of aliphatic imine (C=N–C) groups is 1. The van der Waals surface area contributed by atoms with Crippen LogP contribution in [-0.4, -0.2) is 36.4 Å². The summed E-state index contributed by atoms with van der Waals surface area (Å²) in [6, 6.07) is 5.68. The van der Waals surface area contributed by atoms with Crippen LogP contribution in [0.25, 0.3) is 0 Å². The van der Waals surface area contributed by atoms with Crippen LogP contribution in [0.5, 0.6) is 11.5 Å². The first-order valence-electron chi connectivity index (χ1n) is 7.23. The maximum absolute atomic E-state index is 11.0. The number of hydrogen-bond acceptors (Lipinski definition) is 6. The van der Waals surface area contributed by atoms with Gasteiger partial charge in [-0.3, -0.25) is 15.1 Å². The van der Waals surface area contributed by atoms with Gasteiger partial charge in [-0.05, 0) is 30.2 Å². The van der Waals surface area contributed by atoms with Crippen molar-refractivity contribution in [3.05, 3.63) is 57.9 Å². The Kier molecular flexibility index (Phi) is 4.01. The molecule has 1 atom stereocenters. The summed E-state index contributed by atoms with van der Waals surface area (Å²) in [5.74, 6) is 2.03. The summed E-state index contributed by atoms with van der Waals surface area (Å²) in [5, 5.41) is 11.0. The van der Waals surface area contributed by atoms with E-state index in [1.54, 1.807) is 26.5 Å². The van der Waals surface area contributed by atoms with E-state index in [2.05, 4.69) is 4.99 Å². The van der Waals surface area contributed by atoms with E-state index in [1.165, 1.54) is 6.08 Å². The molecule has 0 saturated carbocycles. The molecule has 1 unspecified atom stereocenters. The second-order valence-corrected chi connectivity index (χ2v) is 5.21. The molecule has 0 aromatic heterocycles. The highest BCUT2D eigenvalue weighted by Gasteiger charge is 2.29. The smallest absolute Gasteiger partial charge is 0.285 e. The van der Waals surface area contributed by atoms with Crippen molar-refractivity contribution in [2.45, 2.75) is 12.5 Å². The fraction of sp³-hybridized carbons (Fsp3) is 0.312. The van der Waals surface area contributed by atoms with Gasteiger partial charge in [-0.2, -0.15) is 0 Å². The molecule has 0 saturated heterocycles. The monoisotopic (exact) mass is 315 g/mol. The highest BCUT2D eigenvalue weighted by molar-refractivity contribution is 5.95. The number of nitro groups is 1. The molecule has 2 heterocycles. The second-order valence-electron chi connectivity index (χ2n) is 5.21. The van der Waals surface area contributed by atoms with Crippen molar-refractivity contribution >= 4 is 5.84 Å². The minimum Gasteiger partial charge on any atom is -0.493 e. The van der Waals surface area contributed by atoms with Crippen molar-refractivity contribution < 1.29 is 14.4 Å². The standard InChI is InChI=1S/C16H17N3O4/c1-22-14-5-3-11(9-15(14)23-2)13-7-8-17-16-6-4-12(19(20)21)10-18(13)16/h3-6,9-10,13H,7-8H2,1-2H3. The van der Waals surface area contributed by atoms with E-state index in [0.717, 1.165) is 17.8 Å². The van der Waals surface area contributed by atoms with Crippen molar-refractivity contribution in [3.8, 4) is 11.5 Å². The Morgan fingerprint density at radius 1 is 1.26 bits per heavy atom. The van der Waals surface area contributed by atoms with Gasteiger partial charge >= 0.3 is 0 Å². The zero-order chi connectivity index (χ0) is 16.4. The molecule has 0 radical (unpaired) electrons. The van der Waals surface area contributed by atoms with E-state index in [1.807, 2.05) is 23.1 Å². The van der Waals surface area contributed by atoms with E-state index >= 15 is 0 Å². The third-order valence-corrected chi connectivity index (χ3v) is 3.95. The first-order chi connectivity index (χ1) is 11.1. The van der Waals surface area contributed by atoms with Gasteiger partial charge in [0.25, 0.3) is 5.70 Å². The molecule has 1 aromatic rings. The number of amidine groups is 1. The van der Waals surface area contributed by atoms with Crippen LogP contribution in [0.3, 0.4) is 0 Å². The molecule has 7 nitrogen and oxygen atoms in total. The number of nitrogens with zero attached hydrogens (tertiary/aromatic N) is 3. The van der Waals surface area contributed by atoms with Crippen LogP contribution < -0.4 is 9.47 Å². The lowest BCUT2D eigenvalue weighted by atomic mass is 9.99. The van der Waals surface area contributed by atoms with Gasteiger partial charge < -0.3 is 14.4 Å². The van der Waals surface area contributed by atoms with Gasteiger partial charge in [0.2, 0.25) is 0 Å². The topological polar surface area (TPSA) is 77.2 Å². The molecule has 0 N–H and O–H groups in total. The van der Waals surface area contributed by atoms with Crippen LogP contribution in [0.2, 0.25) is 0 Å². The van der Waals surface area contributed by atoms with Gasteiger partial charge in [-0.15, -0.1) is 0 Å². The van der Waals surface area contributed by atoms with Gasteiger partial charge in [0.15, 0.2) is 11.5 Å². The van der Waals surface area contributed by atoms with Gasteiger partial charge in [0.1, 0.15) is 5.84 Å². The van der Waals surface area contributed by atoms with Crippen molar-refractivity contribution in [2.24, 2.45) is 4.99 Å². The first kappa shape index (κ1) is 15.1. The summed E-state index contributed by atoms with van der Waals surface area (Å²) in [6.07, 6.45) is 5.48. The highest BCUT2D eigenvalue weighted by atomic mass is 16.6. The summed E-state index contributed by atoms with van der Waals surface area (Å²) in [7, 11) is 3.17. The molecule has 0 amide bonds. The maximum Gasteiger partial charge on any atom is 0.285 e. The van der Waals surface area contributed by atoms with Crippen LogP contribution in [-0.2, 0) is 0 Å². The Balaban J connectivity index is 1.98. The molecule has 7 heteroatoms. The van der Waals surface area contributed by atoms with Gasteiger partial charge in [-0.25, -0.2) is 0 Å². The molecule has 0 bridgehead atoms. The Labute approximate surface area is 133 Å². The highest BCUT2D eigenvalue weighted by Crippen LogP contribution is 2.36. The van der Waals surface area contributed by atoms with Gasteiger partial charge in [0.05, 0.1) is 31.4 Å². The van der Waals surface area contributed by atoms with E-state index in [9.17, 15) is 10.1 Å². The average Bonchev–Trinajstić information content (AvgIpc) is 2.60. The third-order valence-electron chi connectivity index (χ3n) is 3.95. The molecule has 2 aliphatic heterocycles. The minimum absolute atomic E-state index is 0.0257. The molecule has 0 spiro atoms. The van der Waals surface area contributed by atoms with Gasteiger partial charge in [-0.1, -0.05) is 6.07 Å². The normalized spacial score (nSPS) is 19.6. The summed E-state index contributed by atoms with van der Waals surface area (Å²) in [6.45, 7) is 0.677. The van der Waals surface area contributed by atoms with E-state index in [0.29, 0.717) is 18.0 Å². The van der Waals surface area contributed by atoms with E-state index < -0.39 is 4.92 Å². The maximum atomic E-state index is 11.0. The van der Waals surface area contributed by atoms with Gasteiger partial charge in [0, 0.05) is 12.6 Å². The molecular formula is C16H17N3O4. The molecule has 0 fully saturated rings. The van der Waals surface area contributed by atoms with Crippen molar-refractivity contribution in [1.29, 1.82) is 0 Å². The largest absolute Gasteiger partial charge is 0.493 e. The lowest BCUT2D eigenvalue weighted by molar-refractivity contribution is -0.420. The number of allylic oxidation sites excluding steroid dienone is 1. The molecule has 120 valence electrons. The van der Waals surface area contributed by atoms with Crippen molar-refractivity contribution in [1.82, 2.24) is 4.90 Å². The Morgan fingerprint density at radius 3 is 2.74 bits per heavy atom. The lowest BCUT2D eigenvalue weighted by Crippen LogP contribution is -2.35. The number of ether oxygens (including phenoxy) is 2. The molecular weight excluding hydrogens is 298 g/mol. The van der Waals surface area contributed by atoms with Crippen LogP contribution in [0.1, 0.15) is 18.0 Å². The summed E-state index contributed by atoms with van der Waals surface area (Å²) >= 11 is 0. The van der Waals surface area contributed by atoms with Crippen molar-refractivity contribution in [3.63, 3.8) is 0 Å². The Bertz CT molecular complexity index is 724. The second kappa shape index (κ2) is 6.12. The zero-order valence-corrected chi connectivity index (χ0v) is 12.9. The number of benzene rings is 1. The molecule has 1 aromatic carbocycles. The fourth-order valence-corrected chi connectivity index (χ4v) is 2.82.